The highest BCUT2D eigenvalue weighted by molar-refractivity contribution is 5.91. The lowest BCUT2D eigenvalue weighted by molar-refractivity contribution is -0.157. The van der Waals surface area contributed by atoms with Crippen molar-refractivity contribution in [2.45, 2.75) is 38.4 Å². The number of hydrogen-bond donors (Lipinski definition) is 2. The summed E-state index contributed by atoms with van der Waals surface area (Å²) in [4.78, 5) is 34.8. The maximum atomic E-state index is 12.3. The van der Waals surface area contributed by atoms with Crippen LogP contribution in [0.4, 0.5) is 13.2 Å². The van der Waals surface area contributed by atoms with E-state index in [2.05, 4.69) is 5.32 Å². The van der Waals surface area contributed by atoms with E-state index in [0.717, 1.165) is 0 Å². The second-order valence-corrected chi connectivity index (χ2v) is 4.98. The molecule has 0 aromatic heterocycles. The van der Waals surface area contributed by atoms with Gasteiger partial charge in [-0.05, 0) is 6.42 Å². The Labute approximate surface area is 119 Å². The zero-order valence-corrected chi connectivity index (χ0v) is 11.4. The highest BCUT2D eigenvalue weighted by Gasteiger charge is 2.41. The predicted molar refractivity (Wildman–Crippen MR) is 65.2 cm³/mol. The molecule has 0 radical (unpaired) electrons. The summed E-state index contributed by atoms with van der Waals surface area (Å²) in [6.45, 7) is 0.00182. The molecule has 0 saturated carbocycles. The standard InChI is InChI=1S/C12H17F3N2O4/c1-2-3-8(11(20)21)16-10(19)7-4-9(18)17(5-7)6-12(13,14)15/h7-8H,2-6H2,1H3,(H,16,19)(H,20,21)/t7-,8-/m0/s1. The average Bonchev–Trinajstić information content (AvgIpc) is 2.68. The third-order valence-electron chi connectivity index (χ3n) is 3.15. The summed E-state index contributed by atoms with van der Waals surface area (Å²) in [6.07, 6.45) is -4.11. The summed E-state index contributed by atoms with van der Waals surface area (Å²) in [7, 11) is 0. The summed E-state index contributed by atoms with van der Waals surface area (Å²) >= 11 is 0. The van der Waals surface area contributed by atoms with E-state index in [1.54, 1.807) is 6.92 Å². The number of halogens is 3. The zero-order chi connectivity index (χ0) is 16.2. The Kier molecular flexibility index (Phi) is 5.56. The fourth-order valence-electron chi connectivity index (χ4n) is 2.15. The number of alkyl halides is 3. The number of amides is 2. The molecule has 9 heteroatoms. The Morgan fingerprint density at radius 2 is 2.10 bits per heavy atom. The first-order valence-corrected chi connectivity index (χ1v) is 6.51. The van der Waals surface area contributed by atoms with Gasteiger partial charge in [-0.15, -0.1) is 0 Å². The number of hydrogen-bond acceptors (Lipinski definition) is 3. The van der Waals surface area contributed by atoms with Crippen molar-refractivity contribution in [3.05, 3.63) is 0 Å². The highest BCUT2D eigenvalue weighted by atomic mass is 19.4. The van der Waals surface area contributed by atoms with Gasteiger partial charge in [-0.2, -0.15) is 13.2 Å². The summed E-state index contributed by atoms with van der Waals surface area (Å²) in [6, 6.07) is -1.09. The minimum absolute atomic E-state index is 0.216. The van der Waals surface area contributed by atoms with Crippen LogP contribution in [0.5, 0.6) is 0 Å². The van der Waals surface area contributed by atoms with E-state index in [1.807, 2.05) is 0 Å². The van der Waals surface area contributed by atoms with Crippen molar-refractivity contribution in [1.82, 2.24) is 10.2 Å². The molecule has 1 fully saturated rings. The van der Waals surface area contributed by atoms with E-state index in [0.29, 0.717) is 11.3 Å². The van der Waals surface area contributed by atoms with Crippen LogP contribution in [0.25, 0.3) is 0 Å². The molecular weight excluding hydrogens is 293 g/mol. The molecule has 0 spiro atoms. The van der Waals surface area contributed by atoms with E-state index >= 15 is 0 Å². The third kappa shape index (κ3) is 5.24. The molecule has 0 aromatic carbocycles. The van der Waals surface area contributed by atoms with Gasteiger partial charge in [0.05, 0.1) is 5.92 Å². The first-order chi connectivity index (χ1) is 9.64. The molecule has 0 aromatic rings. The molecular formula is C12H17F3N2O4. The van der Waals surface area contributed by atoms with Gasteiger partial charge in [0.25, 0.3) is 0 Å². The molecule has 0 aliphatic carbocycles. The van der Waals surface area contributed by atoms with Gasteiger partial charge < -0.3 is 15.3 Å². The zero-order valence-electron chi connectivity index (χ0n) is 11.4. The van der Waals surface area contributed by atoms with Crippen molar-refractivity contribution in [3.63, 3.8) is 0 Å². The molecule has 0 bridgehead atoms. The molecule has 1 saturated heterocycles. The molecule has 120 valence electrons. The van der Waals surface area contributed by atoms with Crippen molar-refractivity contribution in [2.24, 2.45) is 5.92 Å². The van der Waals surface area contributed by atoms with Gasteiger partial charge in [0, 0.05) is 13.0 Å². The number of nitrogens with zero attached hydrogens (tertiary/aromatic N) is 1. The van der Waals surface area contributed by atoms with E-state index in [4.69, 9.17) is 5.11 Å². The number of carboxylic acid groups (broad SMARTS) is 1. The van der Waals surface area contributed by atoms with E-state index in [9.17, 15) is 27.6 Å². The molecule has 2 atom stereocenters. The number of carbonyl (C=O) groups is 3. The van der Waals surface area contributed by atoms with Gasteiger partial charge in [0.1, 0.15) is 12.6 Å². The van der Waals surface area contributed by atoms with Crippen LogP contribution in [-0.4, -0.2) is 53.1 Å². The molecule has 1 aliphatic rings. The molecule has 1 rings (SSSR count). The summed E-state index contributed by atoms with van der Waals surface area (Å²) in [5.41, 5.74) is 0. The van der Waals surface area contributed by atoms with Gasteiger partial charge in [0.2, 0.25) is 11.8 Å². The van der Waals surface area contributed by atoms with Crippen LogP contribution in [0.1, 0.15) is 26.2 Å². The maximum absolute atomic E-state index is 12.3. The van der Waals surface area contributed by atoms with E-state index in [1.165, 1.54) is 0 Å². The third-order valence-corrected chi connectivity index (χ3v) is 3.15. The van der Waals surface area contributed by atoms with Crippen LogP contribution in [0.15, 0.2) is 0 Å². The lowest BCUT2D eigenvalue weighted by Crippen LogP contribution is -2.44. The number of rotatable bonds is 6. The summed E-state index contributed by atoms with van der Waals surface area (Å²) in [5, 5.41) is 11.2. The second-order valence-electron chi connectivity index (χ2n) is 4.98. The first-order valence-electron chi connectivity index (χ1n) is 6.51. The Balaban J connectivity index is 2.60. The number of carboxylic acids is 1. The van der Waals surface area contributed by atoms with Crippen molar-refractivity contribution < 1.29 is 32.7 Å². The van der Waals surface area contributed by atoms with Gasteiger partial charge in [-0.1, -0.05) is 13.3 Å². The average molecular weight is 310 g/mol. The monoisotopic (exact) mass is 310 g/mol. The van der Waals surface area contributed by atoms with Crippen molar-refractivity contribution in [2.75, 3.05) is 13.1 Å². The summed E-state index contributed by atoms with van der Waals surface area (Å²) in [5.74, 6) is -3.61. The number of likely N-dealkylation sites (tertiary alicyclic amines) is 1. The fraction of sp³-hybridized carbons (Fsp3) is 0.750. The van der Waals surface area contributed by atoms with Crippen molar-refractivity contribution in [3.8, 4) is 0 Å². The molecule has 2 amide bonds. The fourth-order valence-corrected chi connectivity index (χ4v) is 2.15. The largest absolute Gasteiger partial charge is 0.480 e. The highest BCUT2D eigenvalue weighted by Crippen LogP contribution is 2.24. The predicted octanol–water partition coefficient (Wildman–Crippen LogP) is 0.767. The Bertz CT molecular complexity index is 425. The SMILES string of the molecule is CCC[C@H](NC(=O)[C@H]1CC(=O)N(CC(F)(F)F)C1)C(=O)O. The van der Waals surface area contributed by atoms with Gasteiger partial charge in [-0.3, -0.25) is 9.59 Å². The lowest BCUT2D eigenvalue weighted by atomic mass is 10.1. The van der Waals surface area contributed by atoms with Gasteiger partial charge in [-0.25, -0.2) is 4.79 Å². The Morgan fingerprint density at radius 1 is 1.48 bits per heavy atom. The number of nitrogens with one attached hydrogen (secondary N) is 1. The van der Waals surface area contributed by atoms with Crippen molar-refractivity contribution in [1.29, 1.82) is 0 Å². The van der Waals surface area contributed by atoms with Crippen LogP contribution in [0.3, 0.4) is 0 Å². The van der Waals surface area contributed by atoms with E-state index < -0.39 is 42.5 Å². The normalized spacial score (nSPS) is 20.5. The first kappa shape index (κ1) is 17.3. The van der Waals surface area contributed by atoms with Crippen LogP contribution in [0, 0.1) is 5.92 Å². The topological polar surface area (TPSA) is 86.7 Å². The molecule has 0 unspecified atom stereocenters. The number of carbonyl (C=O) groups excluding carboxylic acids is 2. The van der Waals surface area contributed by atoms with Gasteiger partial charge in [0.15, 0.2) is 0 Å². The van der Waals surface area contributed by atoms with Crippen LogP contribution in [-0.2, 0) is 14.4 Å². The van der Waals surface area contributed by atoms with Crippen LogP contribution in [0.2, 0.25) is 0 Å². The summed E-state index contributed by atoms with van der Waals surface area (Å²) < 4.78 is 36.8. The van der Waals surface area contributed by atoms with Crippen LogP contribution < -0.4 is 5.32 Å². The molecule has 2 N–H and O–H groups in total. The Morgan fingerprint density at radius 3 is 2.57 bits per heavy atom. The minimum Gasteiger partial charge on any atom is -0.480 e. The number of aliphatic carboxylic acids is 1. The molecule has 21 heavy (non-hydrogen) atoms. The van der Waals surface area contributed by atoms with Crippen LogP contribution >= 0.6 is 0 Å². The molecule has 6 nitrogen and oxygen atoms in total. The Hall–Kier alpha value is -1.80. The maximum Gasteiger partial charge on any atom is 0.406 e. The molecule has 1 aliphatic heterocycles. The molecule has 1 heterocycles. The van der Waals surface area contributed by atoms with E-state index in [-0.39, 0.29) is 19.4 Å². The second kappa shape index (κ2) is 6.77. The smallest absolute Gasteiger partial charge is 0.406 e. The lowest BCUT2D eigenvalue weighted by Gasteiger charge is -2.19. The quantitative estimate of drug-likeness (QED) is 0.758. The van der Waals surface area contributed by atoms with Gasteiger partial charge >= 0.3 is 12.1 Å². The minimum atomic E-state index is -4.52. The van der Waals surface area contributed by atoms with Crippen molar-refractivity contribution >= 4 is 17.8 Å².